The number of benzene rings is 1. The van der Waals surface area contributed by atoms with E-state index in [1.807, 2.05) is 13.8 Å². The number of amides is 2. The van der Waals surface area contributed by atoms with E-state index in [0.29, 0.717) is 0 Å². The summed E-state index contributed by atoms with van der Waals surface area (Å²) in [6.45, 7) is 8.04. The fourth-order valence-electron chi connectivity index (χ4n) is 3.75. The largest absolute Gasteiger partial charge is 0.491 e. The normalized spacial score (nSPS) is 12.1. The number of rotatable bonds is 11. The minimum atomic E-state index is -4.37. The van der Waals surface area contributed by atoms with Crippen LogP contribution in [0, 0.1) is 5.92 Å². The van der Waals surface area contributed by atoms with Gasteiger partial charge in [-0.3, -0.25) is 14.5 Å². The molecule has 1 aromatic carbocycles. The molecule has 0 saturated carbocycles. The van der Waals surface area contributed by atoms with Gasteiger partial charge in [0.15, 0.2) is 6.61 Å². The number of fused-ring (bicyclic) bond motifs is 1. The van der Waals surface area contributed by atoms with Crippen molar-refractivity contribution in [3.63, 3.8) is 0 Å². The fraction of sp³-hybridized carbons (Fsp3) is 0.560. The summed E-state index contributed by atoms with van der Waals surface area (Å²) in [7, 11) is 0. The second kappa shape index (κ2) is 11.7. The summed E-state index contributed by atoms with van der Waals surface area (Å²) in [6, 6.07) is 4.37. The molecule has 37 heavy (non-hydrogen) atoms. The van der Waals surface area contributed by atoms with Crippen molar-refractivity contribution >= 4 is 22.8 Å². The summed E-state index contributed by atoms with van der Waals surface area (Å²) in [4.78, 5) is 38.0. The van der Waals surface area contributed by atoms with E-state index in [1.165, 1.54) is 22.8 Å². The van der Waals surface area contributed by atoms with Crippen LogP contribution in [0.3, 0.4) is 0 Å². The Labute approximate surface area is 212 Å². The third-order valence-electron chi connectivity index (χ3n) is 5.43. The summed E-state index contributed by atoms with van der Waals surface area (Å²) < 4.78 is 50.9. The van der Waals surface area contributed by atoms with Gasteiger partial charge in [-0.1, -0.05) is 13.8 Å². The van der Waals surface area contributed by atoms with Crippen LogP contribution in [0.2, 0.25) is 0 Å². The predicted octanol–water partition coefficient (Wildman–Crippen LogP) is 4.52. The van der Waals surface area contributed by atoms with Crippen LogP contribution in [0.25, 0.3) is 10.8 Å². The Kier molecular flexibility index (Phi) is 9.45. The molecular weight excluding hydrogens is 495 g/mol. The molecule has 3 N–H and O–H groups in total. The van der Waals surface area contributed by atoms with Gasteiger partial charge in [0.1, 0.15) is 11.5 Å². The number of primary amides is 1. The maximum absolute atomic E-state index is 13.6. The number of ether oxygens (including phenoxy) is 2. The zero-order chi connectivity index (χ0) is 28.1. The van der Waals surface area contributed by atoms with Crippen LogP contribution in [0.1, 0.15) is 53.2 Å². The molecule has 0 unspecified atom stereocenters. The molecule has 9 nitrogen and oxygen atoms in total. The molecule has 0 radical (unpaired) electrons. The van der Waals surface area contributed by atoms with E-state index in [0.717, 1.165) is 4.90 Å². The Hall–Kier alpha value is -3.44. The Bertz CT molecular complexity index is 1190. The Morgan fingerprint density at radius 1 is 1.14 bits per heavy atom. The second-order valence-corrected chi connectivity index (χ2v) is 10.2. The molecule has 0 spiro atoms. The molecule has 2 amide bonds. The van der Waals surface area contributed by atoms with E-state index in [1.54, 1.807) is 20.8 Å². The van der Waals surface area contributed by atoms with E-state index >= 15 is 0 Å². The van der Waals surface area contributed by atoms with E-state index in [-0.39, 0.29) is 60.0 Å². The summed E-state index contributed by atoms with van der Waals surface area (Å²) in [5.41, 5.74) is 4.08. The van der Waals surface area contributed by atoms with Gasteiger partial charge in [-0.15, -0.1) is 0 Å². The standard InChI is InChI=1S/C25H34F3N3O6/c1-15(2)12-30-19(13-31(23(34)35)24(3,4)5)21(36-10-6-9-25(26,27)28)18-11-16(37-14-20(29)32)7-8-17(18)22(30)33/h7-8,11,15H,6,9-10,12-14H2,1-5H3,(H2,29,32)(H,34,35). The van der Waals surface area contributed by atoms with Crippen LogP contribution >= 0.6 is 0 Å². The first kappa shape index (κ1) is 29.8. The van der Waals surface area contributed by atoms with Gasteiger partial charge in [0.2, 0.25) is 0 Å². The van der Waals surface area contributed by atoms with Gasteiger partial charge in [0.05, 0.1) is 24.2 Å². The van der Waals surface area contributed by atoms with Gasteiger partial charge in [-0.05, 0) is 51.3 Å². The van der Waals surface area contributed by atoms with Crippen LogP contribution in [0.15, 0.2) is 23.0 Å². The minimum absolute atomic E-state index is 0.0157. The predicted molar refractivity (Wildman–Crippen MR) is 132 cm³/mol. The SMILES string of the molecule is CC(C)Cn1c(CN(C(=O)O)C(C)(C)C)c(OCCCC(F)(F)F)c2cc(OCC(N)=O)ccc2c1=O. The molecule has 12 heteroatoms. The molecule has 0 aliphatic heterocycles. The lowest BCUT2D eigenvalue weighted by Crippen LogP contribution is -2.45. The third-order valence-corrected chi connectivity index (χ3v) is 5.43. The lowest BCUT2D eigenvalue weighted by molar-refractivity contribution is -0.136. The zero-order valence-electron chi connectivity index (χ0n) is 21.6. The van der Waals surface area contributed by atoms with Crippen LogP contribution < -0.4 is 20.8 Å². The molecule has 0 saturated heterocycles. The van der Waals surface area contributed by atoms with Gasteiger partial charge >= 0.3 is 12.3 Å². The number of nitrogens with zero attached hydrogens (tertiary/aromatic N) is 2. The van der Waals surface area contributed by atoms with Gasteiger partial charge in [0.25, 0.3) is 11.5 Å². The highest BCUT2D eigenvalue weighted by Gasteiger charge is 2.31. The Morgan fingerprint density at radius 2 is 1.78 bits per heavy atom. The van der Waals surface area contributed by atoms with Crippen molar-refractivity contribution in [1.29, 1.82) is 0 Å². The maximum atomic E-state index is 13.6. The number of nitrogens with two attached hydrogens (primary N) is 1. The molecule has 0 aliphatic carbocycles. The first-order chi connectivity index (χ1) is 17.0. The molecule has 0 fully saturated rings. The Morgan fingerprint density at radius 3 is 2.30 bits per heavy atom. The van der Waals surface area contributed by atoms with Crippen LogP contribution in [0.4, 0.5) is 18.0 Å². The number of carboxylic acid groups (broad SMARTS) is 1. The molecule has 2 aromatic rings. The van der Waals surface area contributed by atoms with Crippen molar-refractivity contribution < 1.29 is 37.3 Å². The topological polar surface area (TPSA) is 124 Å². The van der Waals surface area contributed by atoms with Gasteiger partial charge in [-0.2, -0.15) is 13.2 Å². The van der Waals surface area contributed by atoms with Gasteiger partial charge < -0.3 is 24.9 Å². The summed E-state index contributed by atoms with van der Waals surface area (Å²) in [5, 5.41) is 10.3. The summed E-state index contributed by atoms with van der Waals surface area (Å²) in [5.74, 6) is -0.473. The summed E-state index contributed by atoms with van der Waals surface area (Å²) in [6.07, 6.45) is -7.01. The van der Waals surface area contributed by atoms with Gasteiger partial charge in [0, 0.05) is 23.9 Å². The molecule has 0 atom stereocenters. The smallest absolute Gasteiger partial charge is 0.408 e. The average molecular weight is 530 g/mol. The third kappa shape index (κ3) is 8.29. The molecule has 1 heterocycles. The van der Waals surface area contributed by atoms with Crippen LogP contribution in [-0.4, -0.2) is 51.5 Å². The van der Waals surface area contributed by atoms with Crippen molar-refractivity contribution in [2.45, 2.75) is 72.3 Å². The molecule has 0 bridgehead atoms. The highest BCUT2D eigenvalue weighted by Crippen LogP contribution is 2.34. The average Bonchev–Trinajstić information content (AvgIpc) is 2.74. The van der Waals surface area contributed by atoms with E-state index in [2.05, 4.69) is 0 Å². The second-order valence-electron chi connectivity index (χ2n) is 10.2. The first-order valence-corrected chi connectivity index (χ1v) is 11.8. The van der Waals surface area contributed by atoms with Crippen LogP contribution in [-0.2, 0) is 17.9 Å². The molecule has 1 aromatic heterocycles. The number of carbonyl (C=O) groups excluding carboxylic acids is 1. The van der Waals surface area contributed by atoms with E-state index in [4.69, 9.17) is 15.2 Å². The Balaban J connectivity index is 2.78. The monoisotopic (exact) mass is 529 g/mol. The minimum Gasteiger partial charge on any atom is -0.491 e. The zero-order valence-corrected chi connectivity index (χ0v) is 21.6. The number of hydrogen-bond acceptors (Lipinski definition) is 5. The number of carbonyl (C=O) groups is 2. The van der Waals surface area contributed by atoms with Crippen LogP contribution in [0.5, 0.6) is 11.5 Å². The lowest BCUT2D eigenvalue weighted by atomic mass is 10.0. The number of alkyl halides is 3. The maximum Gasteiger partial charge on any atom is 0.408 e. The number of halogens is 3. The van der Waals surface area contributed by atoms with Crippen molar-refractivity contribution in [2.75, 3.05) is 13.2 Å². The molecule has 0 aliphatic rings. The van der Waals surface area contributed by atoms with Crippen molar-refractivity contribution in [2.24, 2.45) is 11.7 Å². The summed E-state index contributed by atoms with van der Waals surface area (Å²) >= 11 is 0. The number of hydrogen-bond donors (Lipinski definition) is 2. The van der Waals surface area contributed by atoms with Crippen molar-refractivity contribution in [3.05, 3.63) is 34.2 Å². The fourth-order valence-corrected chi connectivity index (χ4v) is 3.75. The number of aromatic nitrogens is 1. The number of pyridine rings is 1. The molecule has 2 rings (SSSR count). The van der Waals surface area contributed by atoms with Gasteiger partial charge in [-0.25, -0.2) is 4.79 Å². The molecular formula is C25H34F3N3O6. The lowest BCUT2D eigenvalue weighted by Gasteiger charge is -2.34. The highest BCUT2D eigenvalue weighted by molar-refractivity contribution is 5.90. The van der Waals surface area contributed by atoms with Crippen molar-refractivity contribution in [1.82, 2.24) is 9.47 Å². The first-order valence-electron chi connectivity index (χ1n) is 11.8. The van der Waals surface area contributed by atoms with E-state index < -0.39 is 42.3 Å². The van der Waals surface area contributed by atoms with E-state index in [9.17, 15) is 32.7 Å². The molecule has 206 valence electrons. The quantitative estimate of drug-likeness (QED) is 0.413. The van der Waals surface area contributed by atoms with Crippen molar-refractivity contribution in [3.8, 4) is 11.5 Å². The highest BCUT2D eigenvalue weighted by atomic mass is 19.4.